The van der Waals surface area contributed by atoms with Crippen molar-refractivity contribution in [1.82, 2.24) is 0 Å². The van der Waals surface area contributed by atoms with Gasteiger partial charge in [-0.2, -0.15) is 0 Å². The summed E-state index contributed by atoms with van der Waals surface area (Å²) in [6, 6.07) is 12.6. The van der Waals surface area contributed by atoms with Gasteiger partial charge in [0.1, 0.15) is 11.5 Å². The maximum absolute atomic E-state index is 13.4. The number of amidine groups is 1. The van der Waals surface area contributed by atoms with Gasteiger partial charge in [0, 0.05) is 12.0 Å². The predicted octanol–water partition coefficient (Wildman–Crippen LogP) is 0.707. The average Bonchev–Trinajstić information content (AvgIpc) is 2.92. The number of nitrogens with zero attached hydrogens (tertiary/aromatic N) is 2. The van der Waals surface area contributed by atoms with Crippen LogP contribution < -0.4 is 21.9 Å². The van der Waals surface area contributed by atoms with Gasteiger partial charge in [0.15, 0.2) is 6.54 Å². The first-order valence-corrected chi connectivity index (χ1v) is 8.96. The fourth-order valence-corrected chi connectivity index (χ4v) is 4.11. The molecule has 26 heavy (non-hydrogen) atoms. The summed E-state index contributed by atoms with van der Waals surface area (Å²) < 4.78 is 15.5. The van der Waals surface area contributed by atoms with E-state index in [0.717, 1.165) is 37.1 Å². The minimum atomic E-state index is -1.11. The van der Waals surface area contributed by atoms with E-state index in [1.807, 2.05) is 0 Å². The molecule has 3 nitrogen and oxygen atoms in total. The zero-order chi connectivity index (χ0) is 17.6. The summed E-state index contributed by atoms with van der Waals surface area (Å²) >= 11 is 0. The first kappa shape index (κ1) is 19.1. The molecule has 1 unspecified atom stereocenters. The number of anilines is 1. The molecular formula is C21H24BrFN2O. The maximum atomic E-state index is 13.4. The highest BCUT2D eigenvalue weighted by molar-refractivity contribution is 5.96. The summed E-state index contributed by atoms with van der Waals surface area (Å²) in [6.07, 6.45) is 3.15. The molecule has 4 rings (SSSR count). The lowest BCUT2D eigenvalue weighted by Gasteiger charge is -2.24. The van der Waals surface area contributed by atoms with E-state index in [0.29, 0.717) is 6.54 Å². The summed E-state index contributed by atoms with van der Waals surface area (Å²) in [7, 11) is 0. The van der Waals surface area contributed by atoms with Crippen LogP contribution in [0.4, 0.5) is 10.1 Å². The van der Waals surface area contributed by atoms with Crippen LogP contribution >= 0.6 is 0 Å². The van der Waals surface area contributed by atoms with Gasteiger partial charge in [-0.1, -0.05) is 12.1 Å². The van der Waals surface area contributed by atoms with Gasteiger partial charge in [0.05, 0.1) is 6.54 Å². The van der Waals surface area contributed by atoms with Crippen LogP contribution in [-0.2, 0) is 5.72 Å². The Kier molecular flexibility index (Phi) is 5.22. The Morgan fingerprint density at radius 1 is 1.08 bits per heavy atom. The fourth-order valence-electron chi connectivity index (χ4n) is 4.11. The minimum Gasteiger partial charge on any atom is -1.00 e. The number of aryl methyl sites for hydroxylation is 1. The smallest absolute Gasteiger partial charge is 0.271 e. The number of β-amino-alcohol motifs (C(OH)–C–C–N with tert-alkyl or cyclic N) is 1. The molecule has 0 radical (unpaired) electrons. The van der Waals surface area contributed by atoms with E-state index < -0.39 is 5.72 Å². The Morgan fingerprint density at radius 3 is 2.54 bits per heavy atom. The van der Waals surface area contributed by atoms with Gasteiger partial charge in [0.2, 0.25) is 0 Å². The largest absolute Gasteiger partial charge is 1.00 e. The average molecular weight is 419 g/mol. The molecule has 0 bridgehead atoms. The van der Waals surface area contributed by atoms with E-state index in [1.165, 1.54) is 29.1 Å². The quantitative estimate of drug-likeness (QED) is 0.726. The molecule has 0 aliphatic carbocycles. The molecule has 1 atom stereocenters. The van der Waals surface area contributed by atoms with Crippen molar-refractivity contribution >= 4 is 11.5 Å². The Balaban J connectivity index is 0.00000196. The Labute approximate surface area is 164 Å². The summed E-state index contributed by atoms with van der Waals surface area (Å²) in [6.45, 7) is 5.54. The van der Waals surface area contributed by atoms with Crippen molar-refractivity contribution in [2.45, 2.75) is 38.8 Å². The molecule has 0 aromatic heterocycles. The number of rotatable bonds is 2. The lowest BCUT2D eigenvalue weighted by molar-refractivity contribution is -0.661. The zero-order valence-electron chi connectivity index (χ0n) is 15.2. The topological polar surface area (TPSA) is 26.5 Å². The highest BCUT2D eigenvalue weighted by atomic mass is 79.9. The standard InChI is InChI=1S/C21H24FN2O.BrH/c1-15-6-5-7-19(16(15)2)23-14-21(25,17-9-11-18(22)12-10-17)24-13-4-3-8-20(23)24;/h5-7,9-12,25H,3-4,8,13-14H2,1-2H3;1H/q+1;/p-1. The third-order valence-corrected chi connectivity index (χ3v) is 5.65. The normalized spacial score (nSPS) is 22.2. The number of halogens is 2. The predicted molar refractivity (Wildman–Crippen MR) is 97.5 cm³/mol. The van der Waals surface area contributed by atoms with E-state index in [1.54, 1.807) is 12.1 Å². The van der Waals surface area contributed by atoms with Crippen molar-refractivity contribution in [2.24, 2.45) is 0 Å². The zero-order valence-corrected chi connectivity index (χ0v) is 16.8. The maximum Gasteiger partial charge on any atom is 0.271 e. The van der Waals surface area contributed by atoms with Gasteiger partial charge in [-0.25, -0.2) is 13.9 Å². The van der Waals surface area contributed by atoms with Crippen molar-refractivity contribution in [1.29, 1.82) is 0 Å². The van der Waals surface area contributed by atoms with Crippen molar-refractivity contribution in [3.05, 3.63) is 65.0 Å². The SMILES string of the molecule is Cc1cccc(N2CC(O)(c3ccc(F)cc3)[N+]3=C2CCCC3)c1C.[Br-]. The summed E-state index contributed by atoms with van der Waals surface area (Å²) in [5.41, 5.74) is 3.28. The molecule has 2 aromatic rings. The van der Waals surface area contributed by atoms with Crippen LogP contribution in [-0.4, -0.2) is 28.6 Å². The molecule has 2 aliphatic heterocycles. The first-order valence-electron chi connectivity index (χ1n) is 8.96. The lowest BCUT2D eigenvalue weighted by Crippen LogP contribution is -3.00. The highest BCUT2D eigenvalue weighted by Crippen LogP contribution is 2.37. The summed E-state index contributed by atoms with van der Waals surface area (Å²) in [5.74, 6) is 0.895. The summed E-state index contributed by atoms with van der Waals surface area (Å²) in [5, 5.41) is 11.6. The van der Waals surface area contributed by atoms with Crippen LogP contribution in [0, 0.1) is 19.7 Å². The second-order valence-electron chi connectivity index (χ2n) is 7.15. The first-order chi connectivity index (χ1) is 12.0. The molecule has 2 heterocycles. The highest BCUT2D eigenvalue weighted by Gasteiger charge is 2.52. The van der Waals surface area contributed by atoms with Crippen molar-refractivity contribution < 1.29 is 31.1 Å². The monoisotopic (exact) mass is 418 g/mol. The third kappa shape index (κ3) is 2.97. The molecule has 138 valence electrons. The van der Waals surface area contributed by atoms with Crippen molar-refractivity contribution in [3.8, 4) is 0 Å². The summed E-state index contributed by atoms with van der Waals surface area (Å²) in [4.78, 5) is 2.25. The molecule has 1 N–H and O–H groups in total. The van der Waals surface area contributed by atoms with Gasteiger partial charge in [-0.3, -0.25) is 0 Å². The van der Waals surface area contributed by atoms with E-state index in [-0.39, 0.29) is 22.8 Å². The number of hydrogen-bond donors (Lipinski definition) is 1. The van der Waals surface area contributed by atoms with E-state index in [2.05, 4.69) is 41.5 Å². The van der Waals surface area contributed by atoms with Gasteiger partial charge in [0.25, 0.3) is 11.6 Å². The van der Waals surface area contributed by atoms with Crippen LogP contribution in [0.25, 0.3) is 0 Å². The van der Waals surface area contributed by atoms with Crippen LogP contribution in [0.1, 0.15) is 36.0 Å². The van der Waals surface area contributed by atoms with Crippen LogP contribution in [0.3, 0.4) is 0 Å². The van der Waals surface area contributed by atoms with Crippen LogP contribution in [0.5, 0.6) is 0 Å². The molecule has 5 heteroatoms. The number of benzene rings is 2. The lowest BCUT2D eigenvalue weighted by atomic mass is 10.0. The fraction of sp³-hybridized carbons (Fsp3) is 0.381. The molecule has 0 amide bonds. The number of aliphatic hydroxyl groups is 1. The Hall–Kier alpha value is -1.72. The van der Waals surface area contributed by atoms with Gasteiger partial charge >= 0.3 is 0 Å². The van der Waals surface area contributed by atoms with Gasteiger partial charge in [-0.05, 0) is 68.1 Å². The third-order valence-electron chi connectivity index (χ3n) is 5.65. The van der Waals surface area contributed by atoms with E-state index in [4.69, 9.17) is 0 Å². The molecule has 0 saturated carbocycles. The second-order valence-corrected chi connectivity index (χ2v) is 7.15. The Morgan fingerprint density at radius 2 is 1.81 bits per heavy atom. The van der Waals surface area contributed by atoms with Crippen LogP contribution in [0.15, 0.2) is 42.5 Å². The molecule has 0 saturated heterocycles. The molecule has 0 spiro atoms. The van der Waals surface area contributed by atoms with Gasteiger partial charge < -0.3 is 22.1 Å². The van der Waals surface area contributed by atoms with Crippen LogP contribution in [0.2, 0.25) is 0 Å². The number of hydrogen-bond acceptors (Lipinski definition) is 2. The molecular weight excluding hydrogens is 395 g/mol. The second kappa shape index (κ2) is 7.12. The Bertz CT molecular complexity index is 850. The minimum absolute atomic E-state index is 0. The molecule has 0 fully saturated rings. The van der Waals surface area contributed by atoms with E-state index in [9.17, 15) is 9.50 Å². The van der Waals surface area contributed by atoms with Crippen molar-refractivity contribution in [2.75, 3.05) is 18.0 Å². The molecule has 2 aromatic carbocycles. The van der Waals surface area contributed by atoms with Crippen molar-refractivity contribution in [3.63, 3.8) is 0 Å². The van der Waals surface area contributed by atoms with E-state index >= 15 is 0 Å². The molecule has 2 aliphatic rings. The van der Waals surface area contributed by atoms with Gasteiger partial charge in [-0.15, -0.1) is 0 Å².